The summed E-state index contributed by atoms with van der Waals surface area (Å²) in [7, 11) is 0. The maximum Gasteiger partial charge on any atom is 0.334 e. The van der Waals surface area contributed by atoms with Crippen molar-refractivity contribution in [3.63, 3.8) is 0 Å². The molecule has 0 aliphatic carbocycles. The molecule has 1 aromatic rings. The van der Waals surface area contributed by atoms with Crippen molar-refractivity contribution in [3.8, 4) is 5.75 Å². The zero-order valence-electron chi connectivity index (χ0n) is 6.77. The predicted octanol–water partition coefficient (Wildman–Crippen LogP) is 0.664. The third-order valence-electron chi connectivity index (χ3n) is 1.25. The molecule has 0 heterocycles. The zero-order valence-corrected chi connectivity index (χ0v) is 6.77. The molecule has 0 atom stereocenters. The van der Waals surface area contributed by atoms with Crippen molar-refractivity contribution in [1.29, 1.82) is 0 Å². The molecule has 0 saturated carbocycles. The summed E-state index contributed by atoms with van der Waals surface area (Å²) in [6.07, 6.45) is 0. The van der Waals surface area contributed by atoms with Crippen molar-refractivity contribution in [3.05, 3.63) is 24.3 Å². The predicted molar refractivity (Wildman–Crippen MR) is 45.1 cm³/mol. The van der Waals surface area contributed by atoms with Crippen LogP contribution in [0.4, 0.5) is 5.69 Å². The molecule has 0 aliphatic heterocycles. The number of hydrogen-bond acceptors (Lipinski definition) is 4. The highest BCUT2D eigenvalue weighted by atomic mass is 17.2. The van der Waals surface area contributed by atoms with E-state index in [-0.39, 0.29) is 0 Å². The number of para-hydroxylation sites is 2. The molecular formula is C8H9NO4. The maximum absolute atomic E-state index is 10.0. The van der Waals surface area contributed by atoms with E-state index in [9.17, 15) is 4.79 Å². The van der Waals surface area contributed by atoms with E-state index in [2.05, 4.69) is 9.78 Å². The molecule has 0 spiro atoms. The molecule has 0 radical (unpaired) electrons. The van der Waals surface area contributed by atoms with E-state index >= 15 is 0 Å². The van der Waals surface area contributed by atoms with Gasteiger partial charge in [0.1, 0.15) is 0 Å². The van der Waals surface area contributed by atoms with E-state index in [1.54, 1.807) is 24.3 Å². The Kier molecular flexibility index (Phi) is 3.10. The average molecular weight is 183 g/mol. The van der Waals surface area contributed by atoms with E-state index in [0.717, 1.165) is 0 Å². The molecule has 0 aromatic heterocycles. The normalized spacial score (nSPS) is 9.54. The number of nitrogens with two attached hydrogens (primary N) is 1. The second kappa shape index (κ2) is 4.32. The lowest BCUT2D eigenvalue weighted by Gasteiger charge is -2.04. The first-order valence-electron chi connectivity index (χ1n) is 3.56. The van der Waals surface area contributed by atoms with Crippen molar-refractivity contribution in [2.24, 2.45) is 0 Å². The molecule has 0 unspecified atom stereocenters. The average Bonchev–Trinajstić information content (AvgIpc) is 2.08. The molecule has 0 amide bonds. The number of benzene rings is 1. The van der Waals surface area contributed by atoms with Crippen LogP contribution >= 0.6 is 0 Å². The third-order valence-corrected chi connectivity index (χ3v) is 1.25. The molecule has 1 rings (SSSR count). The largest absolute Gasteiger partial charge is 0.479 e. The Morgan fingerprint density at radius 1 is 1.46 bits per heavy atom. The van der Waals surface area contributed by atoms with E-state index < -0.39 is 12.6 Å². The lowest BCUT2D eigenvalue weighted by molar-refractivity contribution is -0.213. The molecule has 0 fully saturated rings. The van der Waals surface area contributed by atoms with Crippen molar-refractivity contribution in [2.45, 2.75) is 0 Å². The molecule has 13 heavy (non-hydrogen) atoms. The van der Waals surface area contributed by atoms with Crippen molar-refractivity contribution >= 4 is 11.7 Å². The number of aliphatic carboxylic acids is 1. The van der Waals surface area contributed by atoms with Gasteiger partial charge in [0.2, 0.25) is 0 Å². The van der Waals surface area contributed by atoms with E-state index in [4.69, 9.17) is 10.8 Å². The second-order valence-electron chi connectivity index (χ2n) is 2.28. The van der Waals surface area contributed by atoms with E-state index in [0.29, 0.717) is 11.4 Å². The van der Waals surface area contributed by atoms with Gasteiger partial charge in [0.15, 0.2) is 12.4 Å². The van der Waals surface area contributed by atoms with Gasteiger partial charge in [-0.05, 0) is 12.1 Å². The highest BCUT2D eigenvalue weighted by Crippen LogP contribution is 2.19. The van der Waals surface area contributed by atoms with Crippen LogP contribution in [0.2, 0.25) is 0 Å². The molecular weight excluding hydrogens is 174 g/mol. The summed E-state index contributed by atoms with van der Waals surface area (Å²) in [6, 6.07) is 6.64. The lowest BCUT2D eigenvalue weighted by Crippen LogP contribution is -2.09. The number of hydrogen-bond donors (Lipinski definition) is 2. The number of anilines is 1. The summed E-state index contributed by atoms with van der Waals surface area (Å²) in [5.41, 5.74) is 5.88. The smallest absolute Gasteiger partial charge is 0.334 e. The number of carbonyl (C=O) groups is 1. The molecule has 5 nitrogen and oxygen atoms in total. The van der Waals surface area contributed by atoms with Gasteiger partial charge in [0, 0.05) is 0 Å². The Balaban J connectivity index is 2.45. The van der Waals surface area contributed by atoms with Crippen LogP contribution in [-0.4, -0.2) is 17.7 Å². The first-order chi connectivity index (χ1) is 6.20. The number of nitrogen functional groups attached to an aromatic ring is 1. The second-order valence-corrected chi connectivity index (χ2v) is 2.28. The van der Waals surface area contributed by atoms with Crippen LogP contribution in [0.3, 0.4) is 0 Å². The van der Waals surface area contributed by atoms with Crippen LogP contribution in [0.5, 0.6) is 5.75 Å². The van der Waals surface area contributed by atoms with Gasteiger partial charge in [-0.2, -0.15) is 4.89 Å². The van der Waals surface area contributed by atoms with Gasteiger partial charge in [-0.3, -0.25) is 0 Å². The third kappa shape index (κ3) is 3.00. The Labute approximate surface area is 74.6 Å². The Morgan fingerprint density at radius 3 is 2.77 bits per heavy atom. The Hall–Kier alpha value is -1.75. The Bertz CT molecular complexity index is 300. The molecule has 0 aliphatic rings. The van der Waals surface area contributed by atoms with Gasteiger partial charge < -0.3 is 15.7 Å². The SMILES string of the molecule is Nc1ccccc1OOCC(=O)O. The fourth-order valence-corrected chi connectivity index (χ4v) is 0.700. The first-order valence-corrected chi connectivity index (χ1v) is 3.56. The van der Waals surface area contributed by atoms with E-state index in [1.165, 1.54) is 0 Å². The summed E-state index contributed by atoms with van der Waals surface area (Å²) in [5, 5.41) is 8.22. The summed E-state index contributed by atoms with van der Waals surface area (Å²) < 4.78 is 0. The van der Waals surface area contributed by atoms with Crippen molar-refractivity contribution < 1.29 is 19.7 Å². The van der Waals surface area contributed by atoms with Gasteiger partial charge in [-0.1, -0.05) is 12.1 Å². The highest BCUT2D eigenvalue weighted by Gasteiger charge is 2.01. The number of rotatable bonds is 4. The summed E-state index contributed by atoms with van der Waals surface area (Å²) in [4.78, 5) is 19.1. The number of carboxylic acids is 1. The fraction of sp³-hybridized carbons (Fsp3) is 0.125. The minimum absolute atomic E-state index is 0.309. The van der Waals surface area contributed by atoms with Crippen LogP contribution in [0.1, 0.15) is 0 Å². The minimum atomic E-state index is -1.10. The molecule has 0 saturated heterocycles. The van der Waals surface area contributed by atoms with Crippen LogP contribution in [-0.2, 0) is 9.68 Å². The van der Waals surface area contributed by atoms with Crippen LogP contribution in [0, 0.1) is 0 Å². The summed E-state index contributed by atoms with van der Waals surface area (Å²) in [5.74, 6) is -0.793. The molecule has 70 valence electrons. The highest BCUT2D eigenvalue weighted by molar-refractivity contribution is 5.67. The topological polar surface area (TPSA) is 81.8 Å². The van der Waals surface area contributed by atoms with Gasteiger partial charge in [-0.15, -0.1) is 0 Å². The van der Waals surface area contributed by atoms with Crippen molar-refractivity contribution in [2.75, 3.05) is 12.3 Å². The van der Waals surface area contributed by atoms with Crippen LogP contribution in [0.25, 0.3) is 0 Å². The maximum atomic E-state index is 10.0. The van der Waals surface area contributed by atoms with Gasteiger partial charge in [-0.25, -0.2) is 4.79 Å². The quantitative estimate of drug-likeness (QED) is 0.407. The van der Waals surface area contributed by atoms with Crippen LogP contribution < -0.4 is 10.6 Å². The minimum Gasteiger partial charge on any atom is -0.479 e. The van der Waals surface area contributed by atoms with Gasteiger partial charge in [0.25, 0.3) is 0 Å². The fourth-order valence-electron chi connectivity index (χ4n) is 0.700. The number of carboxylic acid groups (broad SMARTS) is 1. The van der Waals surface area contributed by atoms with E-state index in [1.807, 2.05) is 0 Å². The van der Waals surface area contributed by atoms with Crippen LogP contribution in [0.15, 0.2) is 24.3 Å². The van der Waals surface area contributed by atoms with Gasteiger partial charge >= 0.3 is 5.97 Å². The molecule has 1 aromatic carbocycles. The summed E-state index contributed by atoms with van der Waals surface area (Å²) >= 11 is 0. The zero-order chi connectivity index (χ0) is 9.68. The Morgan fingerprint density at radius 2 is 2.15 bits per heavy atom. The first kappa shape index (κ1) is 9.34. The standard InChI is InChI=1S/C8H9NO4/c9-6-3-1-2-4-7(6)13-12-5-8(10)11/h1-4H,5,9H2,(H,10,11). The molecule has 5 heteroatoms. The molecule has 0 bridgehead atoms. The molecule has 3 N–H and O–H groups in total. The monoisotopic (exact) mass is 183 g/mol. The van der Waals surface area contributed by atoms with Gasteiger partial charge in [0.05, 0.1) is 5.69 Å². The van der Waals surface area contributed by atoms with Crippen molar-refractivity contribution in [1.82, 2.24) is 0 Å². The summed E-state index contributed by atoms with van der Waals surface area (Å²) in [6.45, 7) is -0.520. The lowest BCUT2D eigenvalue weighted by atomic mass is 10.3.